The molecule has 0 bridgehead atoms. The van der Waals surface area contributed by atoms with Gasteiger partial charge in [0.1, 0.15) is 17.3 Å². The standard InChI is InChI=1S/C30H31NO7/c1-7-38-24-15-19(11-12-23(24)36-5)26-25(27(32)22-14-17(2)13-18(3)29(22)37-6)28(33)30(34)31(26)20-9-8-10-21(16-20)35-4/h8-16,26,32H,7H2,1-6H3/b27-25+. The third-order valence-electron chi connectivity index (χ3n) is 6.46. The molecule has 1 unspecified atom stereocenters. The molecule has 0 aliphatic carbocycles. The average molecular weight is 518 g/mol. The number of hydrogen-bond donors (Lipinski definition) is 1. The molecule has 3 aromatic rings. The van der Waals surface area contributed by atoms with Gasteiger partial charge in [0, 0.05) is 11.8 Å². The highest BCUT2D eigenvalue weighted by Crippen LogP contribution is 2.46. The van der Waals surface area contributed by atoms with E-state index in [1.807, 2.05) is 26.8 Å². The Morgan fingerprint density at radius 3 is 2.34 bits per heavy atom. The molecule has 1 atom stereocenters. The number of rotatable bonds is 8. The number of amides is 1. The Labute approximate surface area is 222 Å². The van der Waals surface area contributed by atoms with Crippen molar-refractivity contribution in [3.63, 3.8) is 0 Å². The summed E-state index contributed by atoms with van der Waals surface area (Å²) in [6.45, 7) is 5.97. The fraction of sp³-hybridized carbons (Fsp3) is 0.267. The molecule has 0 spiro atoms. The van der Waals surface area contributed by atoms with E-state index in [1.165, 1.54) is 26.2 Å². The van der Waals surface area contributed by atoms with Crippen LogP contribution >= 0.6 is 0 Å². The topological polar surface area (TPSA) is 94.5 Å². The second-order valence-corrected chi connectivity index (χ2v) is 8.88. The van der Waals surface area contributed by atoms with Crippen molar-refractivity contribution in [2.24, 2.45) is 0 Å². The third kappa shape index (κ3) is 4.65. The molecule has 1 aliphatic rings. The second kappa shape index (κ2) is 10.9. The van der Waals surface area contributed by atoms with E-state index >= 15 is 0 Å². The fourth-order valence-electron chi connectivity index (χ4n) is 4.85. The Bertz CT molecular complexity index is 1430. The van der Waals surface area contributed by atoms with Crippen molar-refractivity contribution in [2.45, 2.75) is 26.8 Å². The molecular formula is C30H31NO7. The highest BCUT2D eigenvalue weighted by atomic mass is 16.5. The molecule has 1 fully saturated rings. The van der Waals surface area contributed by atoms with E-state index in [1.54, 1.807) is 48.5 Å². The van der Waals surface area contributed by atoms with Crippen LogP contribution in [0.25, 0.3) is 5.76 Å². The molecule has 3 aromatic carbocycles. The molecule has 198 valence electrons. The molecule has 8 heteroatoms. The van der Waals surface area contributed by atoms with Crippen molar-refractivity contribution >= 4 is 23.1 Å². The van der Waals surface area contributed by atoms with Gasteiger partial charge in [-0.15, -0.1) is 0 Å². The maximum atomic E-state index is 13.6. The summed E-state index contributed by atoms with van der Waals surface area (Å²) in [6.07, 6.45) is 0. The van der Waals surface area contributed by atoms with Crippen molar-refractivity contribution in [1.82, 2.24) is 0 Å². The first-order chi connectivity index (χ1) is 18.2. The maximum absolute atomic E-state index is 13.6. The lowest BCUT2D eigenvalue weighted by atomic mass is 9.93. The third-order valence-corrected chi connectivity index (χ3v) is 6.46. The van der Waals surface area contributed by atoms with Gasteiger partial charge in [0.05, 0.1) is 45.1 Å². The van der Waals surface area contributed by atoms with E-state index in [4.69, 9.17) is 18.9 Å². The van der Waals surface area contributed by atoms with E-state index < -0.39 is 17.7 Å². The Morgan fingerprint density at radius 2 is 1.68 bits per heavy atom. The summed E-state index contributed by atoms with van der Waals surface area (Å²) in [4.78, 5) is 28.5. The molecule has 1 amide bonds. The molecule has 8 nitrogen and oxygen atoms in total. The normalized spacial score (nSPS) is 16.5. The van der Waals surface area contributed by atoms with Crippen LogP contribution in [-0.2, 0) is 9.59 Å². The monoisotopic (exact) mass is 517 g/mol. The zero-order valence-electron chi connectivity index (χ0n) is 22.3. The first-order valence-electron chi connectivity index (χ1n) is 12.2. The summed E-state index contributed by atoms with van der Waals surface area (Å²) >= 11 is 0. The number of carbonyl (C=O) groups is 2. The number of aliphatic hydroxyl groups excluding tert-OH is 1. The number of carbonyl (C=O) groups excluding carboxylic acids is 2. The van der Waals surface area contributed by atoms with E-state index in [0.717, 1.165) is 11.1 Å². The smallest absolute Gasteiger partial charge is 0.300 e. The number of methoxy groups -OCH3 is 3. The van der Waals surface area contributed by atoms with E-state index in [9.17, 15) is 14.7 Å². The van der Waals surface area contributed by atoms with Crippen molar-refractivity contribution in [2.75, 3.05) is 32.8 Å². The number of ketones is 1. The molecule has 0 aromatic heterocycles. The first kappa shape index (κ1) is 26.6. The first-order valence-corrected chi connectivity index (χ1v) is 12.2. The van der Waals surface area contributed by atoms with E-state index in [0.29, 0.717) is 46.4 Å². The second-order valence-electron chi connectivity index (χ2n) is 8.88. The number of ether oxygens (including phenoxy) is 4. The van der Waals surface area contributed by atoms with Gasteiger partial charge in [0.15, 0.2) is 11.5 Å². The lowest BCUT2D eigenvalue weighted by Crippen LogP contribution is -2.29. The van der Waals surface area contributed by atoms with Gasteiger partial charge in [-0.25, -0.2) is 0 Å². The van der Waals surface area contributed by atoms with Crippen molar-refractivity contribution in [3.05, 3.63) is 82.4 Å². The molecule has 1 saturated heterocycles. The van der Waals surface area contributed by atoms with Gasteiger partial charge in [-0.05, 0) is 67.8 Å². The average Bonchev–Trinajstić information content (AvgIpc) is 3.18. The molecule has 0 radical (unpaired) electrons. The van der Waals surface area contributed by atoms with Crippen molar-refractivity contribution < 1.29 is 33.6 Å². The Kier molecular flexibility index (Phi) is 7.62. The minimum atomic E-state index is -0.960. The van der Waals surface area contributed by atoms with Gasteiger partial charge >= 0.3 is 0 Å². The highest BCUT2D eigenvalue weighted by Gasteiger charge is 2.47. The number of nitrogens with zero attached hydrogens (tertiary/aromatic N) is 1. The van der Waals surface area contributed by atoms with E-state index in [-0.39, 0.29) is 11.3 Å². The molecule has 4 rings (SSSR count). The predicted molar refractivity (Wildman–Crippen MR) is 144 cm³/mol. The summed E-state index contributed by atoms with van der Waals surface area (Å²) < 4.78 is 22.2. The zero-order valence-corrected chi connectivity index (χ0v) is 22.3. The number of aliphatic hydroxyl groups is 1. The molecule has 1 N–H and O–H groups in total. The number of Topliss-reactive ketones (excluding diaryl/α,β-unsaturated/α-hetero) is 1. The van der Waals surface area contributed by atoms with Gasteiger partial charge in [0.2, 0.25) is 0 Å². The molecule has 38 heavy (non-hydrogen) atoms. The lowest BCUT2D eigenvalue weighted by Gasteiger charge is -2.26. The van der Waals surface area contributed by atoms with Crippen molar-refractivity contribution in [1.29, 1.82) is 0 Å². The van der Waals surface area contributed by atoms with Crippen LogP contribution in [0.3, 0.4) is 0 Å². The van der Waals surface area contributed by atoms with E-state index in [2.05, 4.69) is 0 Å². The van der Waals surface area contributed by atoms with Gasteiger partial charge in [-0.2, -0.15) is 0 Å². The number of aryl methyl sites for hydroxylation is 2. The maximum Gasteiger partial charge on any atom is 0.300 e. The summed E-state index contributed by atoms with van der Waals surface area (Å²) in [5.74, 6) is -0.0194. The van der Waals surface area contributed by atoms with Crippen LogP contribution in [0.2, 0.25) is 0 Å². The molecule has 1 aliphatic heterocycles. The summed E-state index contributed by atoms with van der Waals surface area (Å²) in [7, 11) is 4.56. The van der Waals surface area contributed by atoms with Crippen molar-refractivity contribution in [3.8, 4) is 23.0 Å². The Hall–Kier alpha value is -4.46. The quantitative estimate of drug-likeness (QED) is 0.244. The SMILES string of the molecule is CCOc1cc(C2/C(=C(\O)c3cc(C)cc(C)c3OC)C(=O)C(=O)N2c2cccc(OC)c2)ccc1OC. The van der Waals surface area contributed by atoms with Crippen LogP contribution in [0.5, 0.6) is 23.0 Å². The number of hydrogen-bond acceptors (Lipinski definition) is 7. The minimum Gasteiger partial charge on any atom is -0.507 e. The van der Waals surface area contributed by atoms with Crippen LogP contribution in [-0.4, -0.2) is 44.7 Å². The molecular weight excluding hydrogens is 486 g/mol. The number of benzene rings is 3. The van der Waals surface area contributed by atoms with Crippen LogP contribution in [0, 0.1) is 13.8 Å². The van der Waals surface area contributed by atoms with Gasteiger partial charge in [-0.1, -0.05) is 18.2 Å². The number of anilines is 1. The van der Waals surface area contributed by atoms with Gasteiger partial charge < -0.3 is 24.1 Å². The van der Waals surface area contributed by atoms with Crippen LogP contribution in [0.15, 0.2) is 60.2 Å². The summed E-state index contributed by atoms with van der Waals surface area (Å²) in [5.41, 5.74) is 2.92. The molecule has 0 saturated carbocycles. The zero-order chi connectivity index (χ0) is 27.6. The molecule has 1 heterocycles. The Morgan fingerprint density at radius 1 is 0.921 bits per heavy atom. The summed E-state index contributed by atoms with van der Waals surface area (Å²) in [5, 5.41) is 11.7. The van der Waals surface area contributed by atoms with Crippen LogP contribution < -0.4 is 23.8 Å². The minimum absolute atomic E-state index is 0.0614. The van der Waals surface area contributed by atoms with Gasteiger partial charge in [0.25, 0.3) is 11.7 Å². The fourth-order valence-corrected chi connectivity index (χ4v) is 4.85. The predicted octanol–water partition coefficient (Wildman–Crippen LogP) is 5.35. The highest BCUT2D eigenvalue weighted by molar-refractivity contribution is 6.51. The van der Waals surface area contributed by atoms with Gasteiger partial charge in [-0.3, -0.25) is 14.5 Å². The summed E-state index contributed by atoms with van der Waals surface area (Å²) in [6, 6.07) is 14.7. The van der Waals surface area contributed by atoms with Crippen LogP contribution in [0.1, 0.15) is 35.2 Å². The largest absolute Gasteiger partial charge is 0.507 e. The lowest BCUT2D eigenvalue weighted by molar-refractivity contribution is -0.132. The van der Waals surface area contributed by atoms with Crippen LogP contribution in [0.4, 0.5) is 5.69 Å². The Balaban J connectivity index is 2.03.